The molecule has 3 aromatic rings. The van der Waals surface area contributed by atoms with Gasteiger partial charge in [-0.15, -0.1) is 5.10 Å². The zero-order chi connectivity index (χ0) is 19.7. The van der Waals surface area contributed by atoms with E-state index in [-0.39, 0.29) is 17.6 Å². The van der Waals surface area contributed by atoms with Crippen molar-refractivity contribution in [3.8, 4) is 0 Å². The van der Waals surface area contributed by atoms with Gasteiger partial charge in [-0.05, 0) is 42.7 Å². The highest BCUT2D eigenvalue weighted by molar-refractivity contribution is 5.93. The number of nitrogens with one attached hydrogen (secondary N) is 1. The monoisotopic (exact) mass is 389 g/mol. The van der Waals surface area contributed by atoms with Crippen LogP contribution in [0.2, 0.25) is 0 Å². The molecule has 1 aliphatic rings. The Balaban J connectivity index is 1.65. The average Bonchev–Trinajstić information content (AvgIpc) is 3.32. The van der Waals surface area contributed by atoms with Gasteiger partial charge in [-0.3, -0.25) is 4.79 Å². The van der Waals surface area contributed by atoms with Gasteiger partial charge in [0.1, 0.15) is 11.6 Å². The second-order valence-electron chi connectivity index (χ2n) is 6.61. The van der Waals surface area contributed by atoms with E-state index in [0.717, 1.165) is 24.9 Å². The van der Waals surface area contributed by atoms with Gasteiger partial charge in [0.15, 0.2) is 11.3 Å². The fraction of sp³-hybridized carbons (Fsp3) is 0.316. The summed E-state index contributed by atoms with van der Waals surface area (Å²) in [7, 11) is 0. The molecular weight excluding hydrogens is 371 g/mol. The van der Waals surface area contributed by atoms with Gasteiger partial charge < -0.3 is 10.2 Å². The van der Waals surface area contributed by atoms with Crippen LogP contribution in [0, 0.1) is 5.82 Å². The summed E-state index contributed by atoms with van der Waals surface area (Å²) in [6, 6.07) is 9.96. The Morgan fingerprint density at radius 3 is 2.93 bits per heavy atom. The molecule has 0 spiro atoms. The summed E-state index contributed by atoms with van der Waals surface area (Å²) in [4.78, 5) is 18.3. The highest BCUT2D eigenvalue weighted by Crippen LogP contribution is 2.35. The van der Waals surface area contributed by atoms with Crippen molar-refractivity contribution in [2.45, 2.75) is 25.3 Å². The maximum Gasteiger partial charge on any atom is 0.271 e. The van der Waals surface area contributed by atoms with E-state index in [2.05, 4.69) is 20.3 Å². The molecule has 1 atom stereocenters. The molecule has 1 aromatic carbocycles. The van der Waals surface area contributed by atoms with Crippen molar-refractivity contribution in [1.29, 1.82) is 0 Å². The SMILES string of the molecule is O=C(NCC(F)F)c1cnc2ccc(N3CCC[C@@H]3c3cccc(F)c3)nn12. The first-order valence-corrected chi connectivity index (χ1v) is 8.96. The Hall–Kier alpha value is -3.10. The molecule has 2 aromatic heterocycles. The lowest BCUT2D eigenvalue weighted by Crippen LogP contribution is -2.30. The van der Waals surface area contributed by atoms with Gasteiger partial charge in [0.05, 0.1) is 18.8 Å². The highest BCUT2D eigenvalue weighted by atomic mass is 19.3. The molecule has 1 amide bonds. The number of alkyl halides is 2. The van der Waals surface area contributed by atoms with Crippen LogP contribution in [-0.4, -0.2) is 40.0 Å². The molecule has 1 saturated heterocycles. The van der Waals surface area contributed by atoms with Crippen LogP contribution >= 0.6 is 0 Å². The lowest BCUT2D eigenvalue weighted by atomic mass is 10.0. The number of fused-ring (bicyclic) bond motifs is 1. The van der Waals surface area contributed by atoms with Crippen molar-refractivity contribution in [2.24, 2.45) is 0 Å². The van der Waals surface area contributed by atoms with E-state index >= 15 is 0 Å². The maximum absolute atomic E-state index is 13.6. The fourth-order valence-corrected chi connectivity index (χ4v) is 3.53. The van der Waals surface area contributed by atoms with Crippen molar-refractivity contribution in [1.82, 2.24) is 19.9 Å². The first-order valence-electron chi connectivity index (χ1n) is 8.96. The number of carbonyl (C=O) groups excluding carboxylic acids is 1. The Bertz CT molecular complexity index is 1010. The van der Waals surface area contributed by atoms with Gasteiger partial charge in [-0.2, -0.15) is 0 Å². The number of aromatic nitrogens is 3. The zero-order valence-corrected chi connectivity index (χ0v) is 14.9. The van der Waals surface area contributed by atoms with Crippen molar-refractivity contribution in [2.75, 3.05) is 18.0 Å². The normalized spacial score (nSPS) is 16.9. The molecule has 3 heterocycles. The van der Waals surface area contributed by atoms with Gasteiger partial charge in [-0.1, -0.05) is 12.1 Å². The number of amides is 1. The molecule has 0 bridgehead atoms. The Labute approximate surface area is 159 Å². The van der Waals surface area contributed by atoms with E-state index in [1.54, 1.807) is 18.2 Å². The summed E-state index contributed by atoms with van der Waals surface area (Å²) in [5, 5.41) is 6.66. The van der Waals surface area contributed by atoms with Crippen LogP contribution in [0.15, 0.2) is 42.6 Å². The zero-order valence-electron chi connectivity index (χ0n) is 14.9. The van der Waals surface area contributed by atoms with Crippen LogP contribution < -0.4 is 10.2 Å². The van der Waals surface area contributed by atoms with E-state index in [1.807, 2.05) is 6.07 Å². The van der Waals surface area contributed by atoms with Gasteiger partial charge in [0, 0.05) is 6.54 Å². The molecule has 9 heteroatoms. The maximum atomic E-state index is 13.6. The number of hydrogen-bond donors (Lipinski definition) is 1. The minimum absolute atomic E-state index is 0.0275. The number of halogens is 3. The fourth-order valence-electron chi connectivity index (χ4n) is 3.53. The number of anilines is 1. The van der Waals surface area contributed by atoms with E-state index in [4.69, 9.17) is 0 Å². The van der Waals surface area contributed by atoms with Gasteiger partial charge in [0.2, 0.25) is 0 Å². The summed E-state index contributed by atoms with van der Waals surface area (Å²) in [6.07, 6.45) is 0.450. The minimum Gasteiger partial charge on any atom is -0.348 e. The average molecular weight is 389 g/mol. The second kappa shape index (κ2) is 7.49. The third-order valence-electron chi connectivity index (χ3n) is 4.78. The molecule has 0 unspecified atom stereocenters. The summed E-state index contributed by atoms with van der Waals surface area (Å²) < 4.78 is 39.7. The van der Waals surface area contributed by atoms with Crippen LogP contribution in [0.3, 0.4) is 0 Å². The Morgan fingerprint density at radius 2 is 2.14 bits per heavy atom. The van der Waals surface area contributed by atoms with E-state index in [1.165, 1.54) is 22.8 Å². The third kappa shape index (κ3) is 3.51. The van der Waals surface area contributed by atoms with E-state index in [9.17, 15) is 18.0 Å². The van der Waals surface area contributed by atoms with E-state index in [0.29, 0.717) is 11.5 Å². The van der Waals surface area contributed by atoms with Gasteiger partial charge in [0.25, 0.3) is 12.3 Å². The van der Waals surface area contributed by atoms with Crippen molar-refractivity contribution < 1.29 is 18.0 Å². The number of carbonyl (C=O) groups is 1. The molecule has 1 fully saturated rings. The van der Waals surface area contributed by atoms with Crippen LogP contribution in [0.5, 0.6) is 0 Å². The molecule has 4 rings (SSSR count). The molecule has 0 saturated carbocycles. The van der Waals surface area contributed by atoms with E-state index < -0.39 is 18.9 Å². The van der Waals surface area contributed by atoms with Crippen LogP contribution in [0.1, 0.15) is 34.9 Å². The van der Waals surface area contributed by atoms with Crippen LogP contribution in [-0.2, 0) is 0 Å². The quantitative estimate of drug-likeness (QED) is 0.728. The molecular formula is C19H18F3N5O. The standard InChI is InChI=1S/C19H18F3N5O/c20-13-4-1-3-12(9-13)14-5-2-8-26(14)18-7-6-17-23-10-15(27(17)25-18)19(28)24-11-16(21)22/h1,3-4,6-7,9-10,14,16H,2,5,8,11H2,(H,24,28)/t14-/m1/s1. The Kier molecular flexibility index (Phi) is 4.89. The highest BCUT2D eigenvalue weighted by Gasteiger charge is 2.28. The van der Waals surface area contributed by atoms with Crippen molar-refractivity contribution in [3.63, 3.8) is 0 Å². The molecule has 6 nitrogen and oxygen atoms in total. The summed E-state index contributed by atoms with van der Waals surface area (Å²) in [6.45, 7) is 0.000817. The van der Waals surface area contributed by atoms with Crippen molar-refractivity contribution >= 4 is 17.4 Å². The van der Waals surface area contributed by atoms with Crippen LogP contribution in [0.4, 0.5) is 19.0 Å². The first-order chi connectivity index (χ1) is 13.5. The molecule has 146 valence electrons. The lowest BCUT2D eigenvalue weighted by molar-refractivity contribution is 0.0885. The summed E-state index contributed by atoms with van der Waals surface area (Å²) in [5.74, 6) is -0.346. The molecule has 0 aliphatic carbocycles. The number of imidazole rings is 1. The number of rotatable bonds is 5. The number of hydrogen-bond acceptors (Lipinski definition) is 4. The second-order valence-corrected chi connectivity index (χ2v) is 6.61. The predicted molar refractivity (Wildman–Crippen MR) is 97.0 cm³/mol. The molecule has 28 heavy (non-hydrogen) atoms. The smallest absolute Gasteiger partial charge is 0.271 e. The first kappa shape index (κ1) is 18.3. The summed E-state index contributed by atoms with van der Waals surface area (Å²) in [5.41, 5.74) is 1.38. The van der Waals surface area contributed by atoms with Crippen LogP contribution in [0.25, 0.3) is 5.65 Å². The molecule has 1 aliphatic heterocycles. The largest absolute Gasteiger partial charge is 0.348 e. The molecule has 0 radical (unpaired) electrons. The summed E-state index contributed by atoms with van der Waals surface area (Å²) >= 11 is 0. The van der Waals surface area contributed by atoms with Crippen molar-refractivity contribution in [3.05, 3.63) is 59.7 Å². The van der Waals surface area contributed by atoms with Gasteiger partial charge >= 0.3 is 0 Å². The Morgan fingerprint density at radius 1 is 1.29 bits per heavy atom. The minimum atomic E-state index is -2.64. The number of nitrogens with zero attached hydrogens (tertiary/aromatic N) is 4. The third-order valence-corrected chi connectivity index (χ3v) is 4.78. The number of benzene rings is 1. The predicted octanol–water partition coefficient (Wildman–Crippen LogP) is 3.20. The molecule has 1 N–H and O–H groups in total. The topological polar surface area (TPSA) is 62.5 Å². The lowest BCUT2D eigenvalue weighted by Gasteiger charge is -2.26. The van der Waals surface area contributed by atoms with Gasteiger partial charge in [-0.25, -0.2) is 22.7 Å².